The summed E-state index contributed by atoms with van der Waals surface area (Å²) in [5.41, 5.74) is 29.4. The summed E-state index contributed by atoms with van der Waals surface area (Å²) < 4.78 is 23.6. The highest BCUT2D eigenvalue weighted by Crippen LogP contribution is 2.73. The molecule has 330 valence electrons. The maximum absolute atomic E-state index is 7.99. The van der Waals surface area contributed by atoms with E-state index >= 15 is 0 Å². The molecule has 0 atom stereocenters. The molecule has 12 aliphatic carbocycles. The zero-order valence-corrected chi connectivity index (χ0v) is 38.1. The highest BCUT2D eigenvalue weighted by atomic mass is 16.5. The first kappa shape index (κ1) is 39.1. The van der Waals surface area contributed by atoms with Crippen molar-refractivity contribution in [3.05, 3.63) is 88.0 Å². The number of nitrogen functional groups attached to an aromatic ring is 3. The molecule has 0 saturated heterocycles. The van der Waals surface area contributed by atoms with Crippen LogP contribution in [0.2, 0.25) is 0 Å². The molecule has 0 aliphatic heterocycles. The first-order valence-electron chi connectivity index (χ1n) is 25.3. The van der Waals surface area contributed by atoms with E-state index in [2.05, 4.69) is 63.2 Å². The van der Waals surface area contributed by atoms with Crippen LogP contribution in [0.3, 0.4) is 0 Å². The lowest BCUT2D eigenvalue weighted by molar-refractivity contribution is -0.0205. The van der Waals surface area contributed by atoms with Crippen LogP contribution in [0, 0.1) is 74.0 Å². The standard InChI is InChI=1S/C57H69N3O3/c1-31-10-43(4-7-46(31)58)61-52-49(55-22-34-13-35(23-55)15-36(14-34)24-55)50(56-25-37-16-38(26-56)18-39(17-37)27-56)53(62-44-5-8-47(59)32(2)11-44)54(63-45-6-9-48(60)33(3)12-45)51(52)57-28-40-19-41(29-57)21-42(20-40)30-57/h4-12,34-42H,13-30,58-60H2,1-3H3. The number of hydrogen-bond acceptors (Lipinski definition) is 6. The molecular weight excluding hydrogens is 775 g/mol. The maximum atomic E-state index is 7.99. The minimum Gasteiger partial charge on any atom is -0.457 e. The van der Waals surface area contributed by atoms with Gasteiger partial charge < -0.3 is 31.4 Å². The first-order valence-corrected chi connectivity index (χ1v) is 25.3. The molecule has 0 unspecified atom stereocenters. The van der Waals surface area contributed by atoms with E-state index in [1.54, 1.807) is 5.56 Å². The largest absolute Gasteiger partial charge is 0.457 e. The second-order valence-corrected chi connectivity index (χ2v) is 24.1. The lowest BCUT2D eigenvalue weighted by atomic mass is 9.43. The quantitative estimate of drug-likeness (QED) is 0.145. The molecule has 12 fully saturated rings. The smallest absolute Gasteiger partial charge is 0.177 e. The molecule has 0 radical (unpaired) electrons. The topological polar surface area (TPSA) is 106 Å². The summed E-state index contributed by atoms with van der Waals surface area (Å²) in [4.78, 5) is 0. The molecule has 4 aromatic carbocycles. The van der Waals surface area contributed by atoms with Gasteiger partial charge in [-0.1, -0.05) is 0 Å². The Kier molecular flexibility index (Phi) is 8.59. The van der Waals surface area contributed by atoms with Crippen molar-refractivity contribution in [3.63, 3.8) is 0 Å². The Morgan fingerprint density at radius 1 is 0.349 bits per heavy atom. The van der Waals surface area contributed by atoms with Crippen molar-refractivity contribution in [2.75, 3.05) is 17.2 Å². The van der Waals surface area contributed by atoms with Gasteiger partial charge >= 0.3 is 0 Å². The summed E-state index contributed by atoms with van der Waals surface area (Å²) in [5.74, 6) is 12.4. The van der Waals surface area contributed by atoms with E-state index in [0.717, 1.165) is 122 Å². The van der Waals surface area contributed by atoms with Crippen molar-refractivity contribution in [1.29, 1.82) is 0 Å². The number of aryl methyl sites for hydroxylation is 3. The highest BCUT2D eigenvalue weighted by Gasteiger charge is 2.62. The van der Waals surface area contributed by atoms with E-state index in [4.69, 9.17) is 31.4 Å². The zero-order valence-electron chi connectivity index (χ0n) is 38.1. The van der Waals surface area contributed by atoms with E-state index in [1.807, 2.05) is 12.1 Å². The second kappa shape index (κ2) is 13.8. The van der Waals surface area contributed by atoms with Gasteiger partial charge in [0.15, 0.2) is 11.5 Å². The van der Waals surface area contributed by atoms with Crippen molar-refractivity contribution in [3.8, 4) is 34.5 Å². The van der Waals surface area contributed by atoms with Crippen molar-refractivity contribution in [2.45, 2.75) is 153 Å². The Labute approximate surface area is 375 Å². The molecule has 0 amide bonds. The van der Waals surface area contributed by atoms with Crippen LogP contribution in [0.1, 0.15) is 149 Å². The van der Waals surface area contributed by atoms with Crippen LogP contribution in [-0.2, 0) is 16.2 Å². The Morgan fingerprint density at radius 3 is 0.873 bits per heavy atom. The first-order chi connectivity index (χ1) is 30.4. The van der Waals surface area contributed by atoms with Crippen LogP contribution in [-0.4, -0.2) is 0 Å². The maximum Gasteiger partial charge on any atom is 0.177 e. The van der Waals surface area contributed by atoms with Gasteiger partial charge in [0.2, 0.25) is 0 Å². The van der Waals surface area contributed by atoms with E-state index in [9.17, 15) is 0 Å². The van der Waals surface area contributed by atoms with Crippen LogP contribution in [0.5, 0.6) is 34.5 Å². The minimum absolute atomic E-state index is 0.0180. The fraction of sp³-hybridized carbons (Fsp3) is 0.579. The van der Waals surface area contributed by atoms with Crippen molar-refractivity contribution < 1.29 is 14.2 Å². The fourth-order valence-corrected chi connectivity index (χ4v) is 18.2. The van der Waals surface area contributed by atoms with Crippen LogP contribution < -0.4 is 31.4 Å². The van der Waals surface area contributed by atoms with Crippen molar-refractivity contribution >= 4 is 17.1 Å². The Balaban J connectivity index is 1.18. The summed E-state index contributed by atoms with van der Waals surface area (Å²) in [6.07, 6.45) is 23.4. The van der Waals surface area contributed by atoms with E-state index in [0.29, 0.717) is 0 Å². The third kappa shape index (κ3) is 6.21. The van der Waals surface area contributed by atoms with Gasteiger partial charge in [0.1, 0.15) is 23.0 Å². The molecule has 12 saturated carbocycles. The predicted octanol–water partition coefficient (Wildman–Crippen LogP) is 14.1. The third-order valence-corrected chi connectivity index (χ3v) is 19.5. The van der Waals surface area contributed by atoms with Gasteiger partial charge in [-0.25, -0.2) is 0 Å². The summed E-state index contributed by atoms with van der Waals surface area (Å²) >= 11 is 0. The van der Waals surface area contributed by atoms with E-state index < -0.39 is 0 Å². The normalized spacial score (nSPS) is 37.5. The van der Waals surface area contributed by atoms with Gasteiger partial charge in [-0.3, -0.25) is 0 Å². The molecule has 6 heteroatoms. The van der Waals surface area contributed by atoms with Crippen LogP contribution >= 0.6 is 0 Å². The van der Waals surface area contributed by atoms with Gasteiger partial charge in [-0.2, -0.15) is 0 Å². The summed E-state index contributed by atoms with van der Waals surface area (Å²) in [7, 11) is 0. The molecule has 0 aromatic heterocycles. The molecule has 16 rings (SSSR count). The predicted molar refractivity (Wildman–Crippen MR) is 253 cm³/mol. The molecule has 0 spiro atoms. The van der Waals surface area contributed by atoms with Crippen molar-refractivity contribution in [2.24, 2.45) is 53.3 Å². The van der Waals surface area contributed by atoms with Crippen LogP contribution in [0.25, 0.3) is 0 Å². The molecule has 0 heterocycles. The molecule has 63 heavy (non-hydrogen) atoms. The SMILES string of the molecule is Cc1cc(Oc2c(Oc3ccc(N)c(C)c3)c(C34CC5CC(CC(C5)C3)C4)c(C34CC5CC(CC(C5)C3)C4)c(Oc3ccc(N)c(C)c3)c2C23CC4CC(CC(C4)C2)C3)ccc1N. The molecule has 12 aliphatic rings. The summed E-state index contributed by atoms with van der Waals surface area (Å²) in [6.45, 7) is 6.35. The van der Waals surface area contributed by atoms with Gasteiger partial charge in [0.05, 0.1) is 0 Å². The lowest BCUT2D eigenvalue weighted by Gasteiger charge is -2.62. The third-order valence-electron chi connectivity index (χ3n) is 19.5. The van der Waals surface area contributed by atoms with Gasteiger partial charge in [-0.05, 0) is 261 Å². The Hall–Kier alpha value is -4.32. The van der Waals surface area contributed by atoms with E-state index in [-0.39, 0.29) is 16.2 Å². The average molecular weight is 844 g/mol. The van der Waals surface area contributed by atoms with Gasteiger partial charge in [-0.15, -0.1) is 0 Å². The Morgan fingerprint density at radius 2 is 0.587 bits per heavy atom. The van der Waals surface area contributed by atoms with Crippen LogP contribution in [0.15, 0.2) is 54.6 Å². The monoisotopic (exact) mass is 844 g/mol. The minimum atomic E-state index is -0.0860. The number of nitrogens with two attached hydrogens (primary N) is 3. The zero-order chi connectivity index (χ0) is 42.6. The average Bonchev–Trinajstić information content (AvgIpc) is 3.21. The van der Waals surface area contributed by atoms with Gasteiger partial charge in [0, 0.05) is 50.0 Å². The summed E-state index contributed by atoms with van der Waals surface area (Å²) in [6, 6.07) is 19.0. The van der Waals surface area contributed by atoms with Crippen molar-refractivity contribution in [1.82, 2.24) is 0 Å². The molecule has 6 nitrogen and oxygen atoms in total. The highest BCUT2D eigenvalue weighted by molar-refractivity contribution is 5.73. The Bertz CT molecular complexity index is 2430. The molecule has 4 aromatic rings. The number of anilines is 3. The fourth-order valence-electron chi connectivity index (χ4n) is 18.2. The van der Waals surface area contributed by atoms with E-state index in [1.165, 1.54) is 127 Å². The molecule has 12 bridgehead atoms. The number of rotatable bonds is 9. The number of benzene rings is 4. The second-order valence-electron chi connectivity index (χ2n) is 24.1. The molecular formula is C57H69N3O3. The summed E-state index contributed by atoms with van der Waals surface area (Å²) in [5, 5.41) is 0. The lowest BCUT2D eigenvalue weighted by Crippen LogP contribution is -2.53. The molecule has 6 N–H and O–H groups in total. The van der Waals surface area contributed by atoms with Crippen LogP contribution in [0.4, 0.5) is 17.1 Å². The van der Waals surface area contributed by atoms with Gasteiger partial charge in [0.25, 0.3) is 0 Å². The number of ether oxygens (including phenoxy) is 3. The number of hydrogen-bond donors (Lipinski definition) is 3.